The summed E-state index contributed by atoms with van der Waals surface area (Å²) in [5.74, 6) is 0.808. The van der Waals surface area contributed by atoms with Gasteiger partial charge in [0, 0.05) is 55.2 Å². The maximum atomic E-state index is 12.2. The van der Waals surface area contributed by atoms with Crippen LogP contribution >= 0.6 is 11.3 Å². The molecule has 1 aliphatic rings. The number of likely N-dealkylation sites (N-methyl/N-ethyl adjacent to an activating group) is 1. The number of amides is 1. The minimum atomic E-state index is -0.102. The summed E-state index contributed by atoms with van der Waals surface area (Å²) in [5.41, 5.74) is 1.89. The number of pyridine rings is 1. The number of hydrogen-bond acceptors (Lipinski definition) is 8. The van der Waals surface area contributed by atoms with Crippen LogP contribution < -0.4 is 5.32 Å². The first-order valence-corrected chi connectivity index (χ1v) is 9.76. The fourth-order valence-corrected chi connectivity index (χ4v) is 4.01. The van der Waals surface area contributed by atoms with Gasteiger partial charge in [0.1, 0.15) is 0 Å². The molecule has 4 heterocycles. The van der Waals surface area contributed by atoms with Crippen LogP contribution in [0.4, 0.5) is 5.13 Å². The molecule has 0 aliphatic carbocycles. The molecule has 0 unspecified atom stereocenters. The minimum absolute atomic E-state index is 0.102. The van der Waals surface area contributed by atoms with E-state index in [2.05, 4.69) is 37.2 Å². The zero-order valence-electron chi connectivity index (χ0n) is 15.0. The van der Waals surface area contributed by atoms with Crippen LogP contribution in [0.5, 0.6) is 0 Å². The Morgan fingerprint density at radius 3 is 3.15 bits per heavy atom. The number of carbonyl (C=O) groups excluding carboxylic acids is 1. The van der Waals surface area contributed by atoms with Gasteiger partial charge in [0.05, 0.1) is 5.69 Å². The van der Waals surface area contributed by atoms with Crippen LogP contribution in [0.25, 0.3) is 11.4 Å². The zero-order chi connectivity index (χ0) is 18.6. The van der Waals surface area contributed by atoms with Gasteiger partial charge in [0.2, 0.25) is 17.6 Å². The second-order valence-electron chi connectivity index (χ2n) is 6.31. The highest BCUT2D eigenvalue weighted by atomic mass is 32.1. The molecule has 0 bridgehead atoms. The maximum Gasteiger partial charge on any atom is 0.227 e. The summed E-state index contributed by atoms with van der Waals surface area (Å²) in [6.07, 6.45) is 4.94. The molecule has 0 fully saturated rings. The molecule has 0 aromatic carbocycles. The van der Waals surface area contributed by atoms with Gasteiger partial charge in [-0.15, -0.1) is 11.3 Å². The quantitative estimate of drug-likeness (QED) is 0.697. The van der Waals surface area contributed by atoms with Crippen LogP contribution in [-0.4, -0.2) is 44.0 Å². The zero-order valence-corrected chi connectivity index (χ0v) is 15.8. The summed E-state index contributed by atoms with van der Waals surface area (Å²) < 4.78 is 5.22. The maximum absolute atomic E-state index is 12.2. The highest BCUT2D eigenvalue weighted by molar-refractivity contribution is 7.15. The summed E-state index contributed by atoms with van der Waals surface area (Å²) in [4.78, 5) is 28.8. The van der Waals surface area contributed by atoms with Crippen molar-refractivity contribution >= 4 is 22.4 Å². The van der Waals surface area contributed by atoms with Crippen molar-refractivity contribution in [2.75, 3.05) is 18.4 Å². The summed E-state index contributed by atoms with van der Waals surface area (Å²) >= 11 is 1.56. The number of fused-ring (bicyclic) bond motifs is 1. The second kappa shape index (κ2) is 7.93. The Labute approximate surface area is 160 Å². The number of aryl methyl sites for hydroxylation is 1. The molecule has 8 nitrogen and oxygen atoms in total. The van der Waals surface area contributed by atoms with Gasteiger partial charge in [-0.1, -0.05) is 12.1 Å². The van der Waals surface area contributed by atoms with E-state index in [9.17, 15) is 4.79 Å². The van der Waals surface area contributed by atoms with Gasteiger partial charge >= 0.3 is 0 Å². The van der Waals surface area contributed by atoms with Crippen LogP contribution in [0, 0.1) is 0 Å². The Bertz CT molecular complexity index is 923. The lowest BCUT2D eigenvalue weighted by Gasteiger charge is -2.23. The van der Waals surface area contributed by atoms with E-state index in [4.69, 9.17) is 4.52 Å². The number of rotatable bonds is 6. The normalized spacial score (nSPS) is 14.1. The van der Waals surface area contributed by atoms with E-state index in [-0.39, 0.29) is 12.3 Å². The standard InChI is InChI=1S/C18H20N6O2S/c1-2-24-9-7-13-14(11-24)27-18(20-13)21-15(25)5-6-16-22-17(23-26-16)12-4-3-8-19-10-12/h3-4,8,10H,2,5-7,9,11H2,1H3,(H,20,21,25). The van der Waals surface area contributed by atoms with Crippen molar-refractivity contribution in [3.63, 3.8) is 0 Å². The van der Waals surface area contributed by atoms with E-state index in [1.807, 2.05) is 12.1 Å². The first kappa shape index (κ1) is 17.7. The van der Waals surface area contributed by atoms with Crippen molar-refractivity contribution in [1.82, 2.24) is 25.0 Å². The largest absolute Gasteiger partial charge is 0.339 e. The smallest absolute Gasteiger partial charge is 0.227 e. The third kappa shape index (κ3) is 4.20. The third-order valence-electron chi connectivity index (χ3n) is 4.46. The topological polar surface area (TPSA) is 97.0 Å². The molecule has 0 radical (unpaired) electrons. The molecule has 0 spiro atoms. The van der Waals surface area contributed by atoms with Gasteiger partial charge in [-0.3, -0.25) is 14.7 Å². The summed E-state index contributed by atoms with van der Waals surface area (Å²) in [7, 11) is 0. The number of nitrogens with zero attached hydrogens (tertiary/aromatic N) is 5. The lowest BCUT2D eigenvalue weighted by molar-refractivity contribution is -0.116. The molecule has 0 saturated carbocycles. The molecule has 1 amide bonds. The molecule has 140 valence electrons. The molecule has 0 saturated heterocycles. The molecular weight excluding hydrogens is 364 g/mol. The Morgan fingerprint density at radius 1 is 1.41 bits per heavy atom. The lowest BCUT2D eigenvalue weighted by atomic mass is 10.2. The molecule has 4 rings (SSSR count). The summed E-state index contributed by atoms with van der Waals surface area (Å²) in [6.45, 7) is 5.13. The van der Waals surface area contributed by atoms with Crippen LogP contribution in [-0.2, 0) is 24.2 Å². The van der Waals surface area contributed by atoms with E-state index in [1.165, 1.54) is 4.88 Å². The molecule has 3 aromatic rings. The van der Waals surface area contributed by atoms with Gasteiger partial charge < -0.3 is 9.84 Å². The van der Waals surface area contributed by atoms with Crippen molar-refractivity contribution in [2.24, 2.45) is 0 Å². The van der Waals surface area contributed by atoms with Gasteiger partial charge in [-0.2, -0.15) is 4.98 Å². The van der Waals surface area contributed by atoms with E-state index in [0.717, 1.165) is 37.3 Å². The Hall–Kier alpha value is -2.65. The highest BCUT2D eigenvalue weighted by Crippen LogP contribution is 2.28. The van der Waals surface area contributed by atoms with E-state index >= 15 is 0 Å². The minimum Gasteiger partial charge on any atom is -0.339 e. The molecule has 1 aliphatic heterocycles. The highest BCUT2D eigenvalue weighted by Gasteiger charge is 2.20. The Kier molecular flexibility index (Phi) is 5.21. The number of carbonyl (C=O) groups is 1. The summed E-state index contributed by atoms with van der Waals surface area (Å²) in [6, 6.07) is 3.67. The average molecular weight is 384 g/mol. The number of anilines is 1. The first-order chi connectivity index (χ1) is 13.2. The van der Waals surface area contributed by atoms with E-state index in [0.29, 0.717) is 23.3 Å². The van der Waals surface area contributed by atoms with Crippen molar-refractivity contribution in [1.29, 1.82) is 0 Å². The fourth-order valence-electron chi connectivity index (χ4n) is 2.94. The van der Waals surface area contributed by atoms with Gasteiger partial charge in [0.25, 0.3) is 0 Å². The van der Waals surface area contributed by atoms with E-state index in [1.54, 1.807) is 23.7 Å². The fraction of sp³-hybridized carbons (Fsp3) is 0.389. The van der Waals surface area contributed by atoms with Crippen LogP contribution in [0.2, 0.25) is 0 Å². The average Bonchev–Trinajstić information content (AvgIpc) is 3.33. The predicted octanol–water partition coefficient (Wildman–Crippen LogP) is 2.54. The Morgan fingerprint density at radius 2 is 2.33 bits per heavy atom. The molecule has 9 heteroatoms. The van der Waals surface area contributed by atoms with Crippen molar-refractivity contribution in [3.8, 4) is 11.4 Å². The van der Waals surface area contributed by atoms with Crippen LogP contribution in [0.3, 0.4) is 0 Å². The van der Waals surface area contributed by atoms with Gasteiger partial charge in [0.15, 0.2) is 5.13 Å². The van der Waals surface area contributed by atoms with Crippen molar-refractivity contribution in [3.05, 3.63) is 41.0 Å². The second-order valence-corrected chi connectivity index (χ2v) is 7.39. The van der Waals surface area contributed by atoms with Gasteiger partial charge in [-0.05, 0) is 18.7 Å². The first-order valence-electron chi connectivity index (χ1n) is 8.95. The summed E-state index contributed by atoms with van der Waals surface area (Å²) in [5, 5.41) is 7.50. The number of nitrogens with one attached hydrogen (secondary N) is 1. The molecule has 0 atom stereocenters. The van der Waals surface area contributed by atoms with Gasteiger partial charge in [-0.25, -0.2) is 4.98 Å². The monoisotopic (exact) mass is 384 g/mol. The predicted molar refractivity (Wildman–Crippen MR) is 101 cm³/mol. The third-order valence-corrected chi connectivity index (χ3v) is 5.46. The molecule has 1 N–H and O–H groups in total. The van der Waals surface area contributed by atoms with Crippen LogP contribution in [0.15, 0.2) is 29.0 Å². The van der Waals surface area contributed by atoms with Crippen molar-refractivity contribution in [2.45, 2.75) is 32.7 Å². The molecular formula is C18H20N6O2S. The van der Waals surface area contributed by atoms with Crippen molar-refractivity contribution < 1.29 is 9.32 Å². The lowest BCUT2D eigenvalue weighted by Crippen LogP contribution is -2.29. The SMILES string of the molecule is CCN1CCc2nc(NC(=O)CCc3nc(-c4cccnc4)no3)sc2C1. The van der Waals surface area contributed by atoms with E-state index < -0.39 is 0 Å². The molecule has 27 heavy (non-hydrogen) atoms. The number of aromatic nitrogens is 4. The number of thiazole rings is 1. The van der Waals surface area contributed by atoms with Crippen LogP contribution in [0.1, 0.15) is 29.8 Å². The Balaban J connectivity index is 1.32. The number of hydrogen-bond donors (Lipinski definition) is 1. The molecule has 3 aromatic heterocycles.